The monoisotopic (exact) mass is 402 g/mol. The minimum Gasteiger partial charge on any atom is -0.335 e. The molecule has 0 aromatic heterocycles. The summed E-state index contributed by atoms with van der Waals surface area (Å²) in [5.41, 5.74) is 2.49. The number of halogens is 3. The Morgan fingerprint density at radius 2 is 1.62 bits per heavy atom. The molecule has 0 saturated carbocycles. The highest BCUT2D eigenvalue weighted by molar-refractivity contribution is 5.74. The van der Waals surface area contributed by atoms with Crippen molar-refractivity contribution in [2.45, 2.75) is 32.1 Å². The molecule has 2 aliphatic rings. The van der Waals surface area contributed by atoms with E-state index in [1.807, 2.05) is 23.1 Å². The molecule has 0 aliphatic carbocycles. The van der Waals surface area contributed by atoms with Crippen molar-refractivity contribution >= 4 is 5.91 Å². The molecule has 2 heterocycles. The molecule has 0 N–H and O–H groups in total. The van der Waals surface area contributed by atoms with E-state index in [0.29, 0.717) is 17.4 Å². The van der Waals surface area contributed by atoms with E-state index >= 15 is 0 Å². The van der Waals surface area contributed by atoms with Gasteiger partial charge in [-0.2, -0.15) is 13.2 Å². The van der Waals surface area contributed by atoms with E-state index in [-0.39, 0.29) is 11.9 Å². The van der Waals surface area contributed by atoms with Gasteiger partial charge in [0.25, 0.3) is 0 Å². The number of hydrogen-bond donors (Lipinski definition) is 0. The van der Waals surface area contributed by atoms with Crippen molar-refractivity contribution in [3.63, 3.8) is 0 Å². The Morgan fingerprint density at radius 3 is 2.24 bits per heavy atom. The number of alkyl halides is 3. The maximum Gasteiger partial charge on any atom is 0.393 e. The number of fused-ring (bicyclic) bond motifs is 1. The first-order valence-electron chi connectivity index (χ1n) is 9.99. The zero-order valence-corrected chi connectivity index (χ0v) is 16.4. The van der Waals surface area contributed by atoms with Crippen LogP contribution in [-0.2, 0) is 17.8 Å². The summed E-state index contributed by atoms with van der Waals surface area (Å²) in [5, 5.41) is 0. The Labute approximate surface area is 169 Å². The second-order valence-electron chi connectivity index (χ2n) is 8.25. The molecule has 2 aliphatic heterocycles. The van der Waals surface area contributed by atoms with Crippen LogP contribution in [0.2, 0.25) is 0 Å². The quantitative estimate of drug-likeness (QED) is 0.755. The smallest absolute Gasteiger partial charge is 0.335 e. The summed E-state index contributed by atoms with van der Waals surface area (Å²) >= 11 is 0. The SMILES string of the molecule is CC(=O)N1C[C@H]2CN(Cc3ccc(CC(F)(F)F)cc3)C[C@H]2[C@H]1c1ccccc1. The molecule has 6 heteroatoms. The molecule has 0 radical (unpaired) electrons. The first kappa shape index (κ1) is 20.0. The van der Waals surface area contributed by atoms with Gasteiger partial charge in [0.15, 0.2) is 0 Å². The lowest BCUT2D eigenvalue weighted by Gasteiger charge is -2.29. The normalized spacial score (nSPS) is 24.7. The van der Waals surface area contributed by atoms with E-state index in [0.717, 1.165) is 31.7 Å². The molecule has 4 rings (SSSR count). The number of carbonyl (C=O) groups excluding carboxylic acids is 1. The number of benzene rings is 2. The van der Waals surface area contributed by atoms with E-state index in [9.17, 15) is 18.0 Å². The number of amides is 1. The zero-order valence-electron chi connectivity index (χ0n) is 16.4. The summed E-state index contributed by atoms with van der Waals surface area (Å²) in [4.78, 5) is 16.6. The molecule has 1 amide bonds. The van der Waals surface area contributed by atoms with Crippen LogP contribution < -0.4 is 0 Å². The molecule has 154 valence electrons. The van der Waals surface area contributed by atoms with E-state index < -0.39 is 12.6 Å². The van der Waals surface area contributed by atoms with Crippen molar-refractivity contribution in [3.05, 3.63) is 71.3 Å². The lowest BCUT2D eigenvalue weighted by Crippen LogP contribution is -2.34. The van der Waals surface area contributed by atoms with Gasteiger partial charge in [-0.1, -0.05) is 54.6 Å². The molecule has 2 fully saturated rings. The summed E-state index contributed by atoms with van der Waals surface area (Å²) in [6.45, 7) is 4.92. The van der Waals surface area contributed by atoms with Gasteiger partial charge in [-0.15, -0.1) is 0 Å². The van der Waals surface area contributed by atoms with Crippen LogP contribution in [0, 0.1) is 11.8 Å². The van der Waals surface area contributed by atoms with E-state index in [2.05, 4.69) is 17.0 Å². The van der Waals surface area contributed by atoms with E-state index in [4.69, 9.17) is 0 Å². The fourth-order valence-electron chi connectivity index (χ4n) is 4.92. The fourth-order valence-corrected chi connectivity index (χ4v) is 4.92. The van der Waals surface area contributed by atoms with Crippen molar-refractivity contribution < 1.29 is 18.0 Å². The number of likely N-dealkylation sites (tertiary alicyclic amines) is 2. The highest BCUT2D eigenvalue weighted by Gasteiger charge is 2.48. The fraction of sp³-hybridized carbons (Fsp3) is 0.435. The Balaban J connectivity index is 1.44. The Bertz CT molecular complexity index is 851. The van der Waals surface area contributed by atoms with Crippen molar-refractivity contribution in [2.24, 2.45) is 11.8 Å². The van der Waals surface area contributed by atoms with Crippen LogP contribution in [0.15, 0.2) is 54.6 Å². The largest absolute Gasteiger partial charge is 0.393 e. The molecule has 3 atom stereocenters. The topological polar surface area (TPSA) is 23.6 Å². The first-order chi connectivity index (χ1) is 13.8. The maximum absolute atomic E-state index is 12.5. The Kier molecular flexibility index (Phi) is 5.38. The number of hydrogen-bond acceptors (Lipinski definition) is 2. The molecule has 0 bridgehead atoms. The summed E-state index contributed by atoms with van der Waals surface area (Å²) in [7, 11) is 0. The molecule has 2 aromatic rings. The summed E-state index contributed by atoms with van der Waals surface area (Å²) in [5.74, 6) is 0.916. The third-order valence-corrected chi connectivity index (χ3v) is 6.12. The van der Waals surface area contributed by atoms with Gasteiger partial charge in [0.05, 0.1) is 12.5 Å². The van der Waals surface area contributed by atoms with Crippen LogP contribution >= 0.6 is 0 Å². The van der Waals surface area contributed by atoms with Crippen LogP contribution in [0.25, 0.3) is 0 Å². The van der Waals surface area contributed by atoms with Gasteiger partial charge in [-0.3, -0.25) is 9.69 Å². The summed E-state index contributed by atoms with van der Waals surface area (Å²) < 4.78 is 37.6. The van der Waals surface area contributed by atoms with Gasteiger partial charge in [0.2, 0.25) is 5.91 Å². The number of nitrogens with zero attached hydrogens (tertiary/aromatic N) is 2. The molecule has 29 heavy (non-hydrogen) atoms. The van der Waals surface area contributed by atoms with Crippen LogP contribution in [0.1, 0.15) is 29.7 Å². The van der Waals surface area contributed by atoms with Gasteiger partial charge in [-0.05, 0) is 22.6 Å². The minimum absolute atomic E-state index is 0.0952. The van der Waals surface area contributed by atoms with Gasteiger partial charge in [0.1, 0.15) is 0 Å². The molecule has 3 nitrogen and oxygen atoms in total. The second-order valence-corrected chi connectivity index (χ2v) is 8.25. The number of rotatable bonds is 4. The van der Waals surface area contributed by atoms with Crippen LogP contribution in [0.3, 0.4) is 0 Å². The Hall–Kier alpha value is -2.34. The number of carbonyl (C=O) groups is 1. The van der Waals surface area contributed by atoms with Gasteiger partial charge >= 0.3 is 6.18 Å². The molecular formula is C23H25F3N2O. The van der Waals surface area contributed by atoms with E-state index in [1.165, 1.54) is 5.56 Å². The summed E-state index contributed by atoms with van der Waals surface area (Å²) in [6, 6.07) is 17.0. The molecule has 2 saturated heterocycles. The van der Waals surface area contributed by atoms with Crippen molar-refractivity contribution in [2.75, 3.05) is 19.6 Å². The third-order valence-electron chi connectivity index (χ3n) is 6.12. The maximum atomic E-state index is 12.5. The molecule has 0 unspecified atom stereocenters. The second kappa shape index (κ2) is 7.82. The predicted molar refractivity (Wildman–Crippen MR) is 105 cm³/mol. The average Bonchev–Trinajstić information content (AvgIpc) is 3.20. The minimum atomic E-state index is -4.18. The standard InChI is InChI=1S/C23H25F3N2O/c1-16(29)28-14-20-13-27(15-21(20)22(28)19-5-3-2-4-6-19)12-18-9-7-17(8-10-18)11-23(24,25)26/h2-10,20-22H,11-15H2,1H3/t20-,21-,22-/m1/s1. The van der Waals surface area contributed by atoms with Crippen LogP contribution in [-0.4, -0.2) is 41.5 Å². The molecule has 2 aromatic carbocycles. The first-order valence-corrected chi connectivity index (χ1v) is 9.99. The third kappa shape index (κ3) is 4.47. The lowest BCUT2D eigenvalue weighted by molar-refractivity contribution is -0.130. The summed E-state index contributed by atoms with van der Waals surface area (Å²) in [6.07, 6.45) is -5.07. The zero-order chi connectivity index (χ0) is 20.6. The predicted octanol–water partition coefficient (Wildman–Crippen LogP) is 4.44. The van der Waals surface area contributed by atoms with Crippen LogP contribution in [0.5, 0.6) is 0 Å². The average molecular weight is 402 g/mol. The van der Waals surface area contributed by atoms with Gasteiger partial charge in [-0.25, -0.2) is 0 Å². The van der Waals surface area contributed by atoms with Gasteiger partial charge < -0.3 is 4.90 Å². The lowest BCUT2D eigenvalue weighted by atomic mass is 9.89. The van der Waals surface area contributed by atoms with Crippen molar-refractivity contribution in [1.29, 1.82) is 0 Å². The van der Waals surface area contributed by atoms with Gasteiger partial charge in [0, 0.05) is 39.0 Å². The molecule has 0 spiro atoms. The van der Waals surface area contributed by atoms with Crippen LogP contribution in [0.4, 0.5) is 13.2 Å². The highest BCUT2D eigenvalue weighted by atomic mass is 19.4. The molecular weight excluding hydrogens is 377 g/mol. The van der Waals surface area contributed by atoms with Crippen molar-refractivity contribution in [3.8, 4) is 0 Å². The van der Waals surface area contributed by atoms with E-state index in [1.54, 1.807) is 31.2 Å². The highest BCUT2D eigenvalue weighted by Crippen LogP contribution is 2.45. The van der Waals surface area contributed by atoms with Crippen molar-refractivity contribution in [1.82, 2.24) is 9.80 Å². The Morgan fingerprint density at radius 1 is 0.966 bits per heavy atom.